The first-order valence-corrected chi connectivity index (χ1v) is 6.22. The Morgan fingerprint density at radius 1 is 1.45 bits per heavy atom. The van der Waals surface area contributed by atoms with Gasteiger partial charge in [0.25, 0.3) is 11.5 Å². The van der Waals surface area contributed by atoms with E-state index in [9.17, 15) is 14.0 Å². The predicted molar refractivity (Wildman–Crippen MR) is 71.3 cm³/mol. The molecule has 104 valence electrons. The third kappa shape index (κ3) is 1.91. The molecule has 0 spiro atoms. The third-order valence-electron chi connectivity index (χ3n) is 3.54. The fourth-order valence-electron chi connectivity index (χ4n) is 2.37. The van der Waals surface area contributed by atoms with E-state index in [1.165, 1.54) is 10.5 Å². The minimum absolute atomic E-state index is 0.0121. The Labute approximate surface area is 113 Å². The van der Waals surface area contributed by atoms with Gasteiger partial charge in [0.15, 0.2) is 0 Å². The molecule has 7 heteroatoms. The van der Waals surface area contributed by atoms with Crippen LogP contribution in [0.3, 0.4) is 0 Å². The number of carbonyl (C=O) groups excluding carboxylic acids is 1. The molecule has 2 aromatic heterocycles. The Morgan fingerprint density at radius 2 is 2.25 bits per heavy atom. The lowest BCUT2D eigenvalue weighted by Crippen LogP contribution is -2.42. The summed E-state index contributed by atoms with van der Waals surface area (Å²) in [6, 6.07) is 6.52. The van der Waals surface area contributed by atoms with Crippen LogP contribution in [-0.2, 0) is 4.79 Å². The summed E-state index contributed by atoms with van der Waals surface area (Å²) in [5.41, 5.74) is 3.24. The van der Waals surface area contributed by atoms with Crippen LogP contribution in [0.2, 0.25) is 0 Å². The van der Waals surface area contributed by atoms with Gasteiger partial charge in [-0.3, -0.25) is 14.0 Å². The van der Waals surface area contributed by atoms with Crippen molar-refractivity contribution < 1.29 is 9.18 Å². The van der Waals surface area contributed by atoms with E-state index >= 15 is 0 Å². The normalized spacial score (nSPS) is 22.4. The highest BCUT2D eigenvalue weighted by Gasteiger charge is 2.44. The van der Waals surface area contributed by atoms with Gasteiger partial charge in [0, 0.05) is 25.2 Å². The number of pyridine rings is 1. The van der Waals surface area contributed by atoms with E-state index in [2.05, 4.69) is 4.98 Å². The van der Waals surface area contributed by atoms with Crippen molar-refractivity contribution in [3.63, 3.8) is 0 Å². The summed E-state index contributed by atoms with van der Waals surface area (Å²) >= 11 is 0. The molecule has 6 nitrogen and oxygen atoms in total. The predicted octanol–water partition coefficient (Wildman–Crippen LogP) is 0.0982. The molecule has 1 fully saturated rings. The number of anilines is 1. The van der Waals surface area contributed by atoms with Gasteiger partial charge in [-0.1, -0.05) is 6.07 Å². The van der Waals surface area contributed by atoms with Crippen LogP contribution in [0.5, 0.6) is 0 Å². The molecule has 0 aromatic carbocycles. The number of amides is 1. The van der Waals surface area contributed by atoms with Gasteiger partial charge in [-0.25, -0.2) is 9.37 Å². The summed E-state index contributed by atoms with van der Waals surface area (Å²) in [6.45, 7) is 0.132. The maximum absolute atomic E-state index is 14.2. The van der Waals surface area contributed by atoms with Crippen molar-refractivity contribution in [3.05, 3.63) is 40.8 Å². The van der Waals surface area contributed by atoms with Gasteiger partial charge >= 0.3 is 0 Å². The van der Waals surface area contributed by atoms with Crippen LogP contribution in [0.25, 0.3) is 5.65 Å². The zero-order chi connectivity index (χ0) is 14.3. The average molecular weight is 276 g/mol. The van der Waals surface area contributed by atoms with Gasteiger partial charge in [0.1, 0.15) is 11.5 Å². The van der Waals surface area contributed by atoms with E-state index < -0.39 is 11.6 Å². The van der Waals surface area contributed by atoms with Gasteiger partial charge in [-0.15, -0.1) is 0 Å². The minimum Gasteiger partial charge on any atom is -0.367 e. The molecular weight excluding hydrogens is 263 g/mol. The van der Waals surface area contributed by atoms with Crippen molar-refractivity contribution in [1.29, 1.82) is 0 Å². The Bertz CT molecular complexity index is 744. The van der Waals surface area contributed by atoms with Crippen LogP contribution >= 0.6 is 0 Å². The van der Waals surface area contributed by atoms with Crippen molar-refractivity contribution in [2.75, 3.05) is 18.0 Å². The molecule has 0 bridgehead atoms. The second kappa shape index (κ2) is 4.29. The first-order chi connectivity index (χ1) is 9.49. The lowest BCUT2D eigenvalue weighted by molar-refractivity contribution is -0.128. The number of hydrogen-bond acceptors (Lipinski definition) is 4. The second-order valence-electron chi connectivity index (χ2n) is 4.88. The quantitative estimate of drug-likeness (QED) is 0.843. The Morgan fingerprint density at radius 3 is 2.95 bits per heavy atom. The molecule has 1 aliphatic rings. The maximum Gasteiger partial charge on any atom is 0.259 e. The number of nitrogens with zero attached hydrogens (tertiary/aromatic N) is 3. The zero-order valence-electron chi connectivity index (χ0n) is 10.6. The van der Waals surface area contributed by atoms with Crippen molar-refractivity contribution >= 4 is 17.4 Å². The van der Waals surface area contributed by atoms with Gasteiger partial charge in [-0.2, -0.15) is 0 Å². The molecule has 2 aromatic rings. The molecule has 1 unspecified atom stereocenters. The Balaban J connectivity index is 2.00. The number of fused-ring (bicyclic) bond motifs is 1. The highest BCUT2D eigenvalue weighted by molar-refractivity contribution is 5.85. The molecule has 3 heterocycles. The standard InChI is InChI=1S/C13H13FN4O2/c14-13(12(15)20)4-6-17(8-13)10-7-11(19)18-5-2-1-3-9(18)16-10/h1-3,5,7H,4,6,8H2,(H2,15,20). The number of aromatic nitrogens is 2. The first-order valence-electron chi connectivity index (χ1n) is 6.22. The average Bonchev–Trinajstić information content (AvgIpc) is 2.83. The summed E-state index contributed by atoms with van der Waals surface area (Å²) in [7, 11) is 0. The van der Waals surface area contributed by atoms with Crippen LogP contribution in [-0.4, -0.2) is 34.1 Å². The van der Waals surface area contributed by atoms with Gasteiger partial charge in [0.05, 0.1) is 6.54 Å². The SMILES string of the molecule is NC(=O)C1(F)CCN(c2cc(=O)n3ccccc3n2)C1. The molecule has 2 N–H and O–H groups in total. The van der Waals surface area contributed by atoms with E-state index in [1.54, 1.807) is 29.3 Å². The summed E-state index contributed by atoms with van der Waals surface area (Å²) in [5, 5.41) is 0. The summed E-state index contributed by atoms with van der Waals surface area (Å²) < 4.78 is 15.6. The third-order valence-corrected chi connectivity index (χ3v) is 3.54. The number of nitrogens with two attached hydrogens (primary N) is 1. The van der Waals surface area contributed by atoms with Crippen molar-refractivity contribution in [1.82, 2.24) is 9.38 Å². The monoisotopic (exact) mass is 276 g/mol. The fraction of sp³-hybridized carbons (Fsp3) is 0.308. The molecule has 0 radical (unpaired) electrons. The van der Waals surface area contributed by atoms with E-state index in [4.69, 9.17) is 5.73 Å². The lowest BCUT2D eigenvalue weighted by Gasteiger charge is -2.19. The number of halogens is 1. The first kappa shape index (κ1) is 12.6. The number of carbonyl (C=O) groups is 1. The van der Waals surface area contributed by atoms with E-state index in [-0.39, 0.29) is 18.5 Å². The molecule has 1 atom stereocenters. The topological polar surface area (TPSA) is 80.7 Å². The molecule has 0 aliphatic carbocycles. The van der Waals surface area contributed by atoms with Crippen LogP contribution in [0.4, 0.5) is 10.2 Å². The molecule has 1 aliphatic heterocycles. The van der Waals surface area contributed by atoms with Gasteiger partial charge in [0.2, 0.25) is 5.67 Å². The van der Waals surface area contributed by atoms with Crippen molar-refractivity contribution in [2.45, 2.75) is 12.1 Å². The number of hydrogen-bond donors (Lipinski definition) is 1. The smallest absolute Gasteiger partial charge is 0.259 e. The van der Waals surface area contributed by atoms with Gasteiger partial charge < -0.3 is 10.6 Å². The highest BCUT2D eigenvalue weighted by Crippen LogP contribution is 2.28. The molecule has 3 rings (SSSR count). The largest absolute Gasteiger partial charge is 0.367 e. The van der Waals surface area contributed by atoms with Crippen LogP contribution in [0, 0.1) is 0 Å². The summed E-state index contributed by atoms with van der Waals surface area (Å²) in [5.74, 6) is -0.612. The van der Waals surface area contributed by atoms with Crippen molar-refractivity contribution in [3.8, 4) is 0 Å². The summed E-state index contributed by atoms with van der Waals surface area (Å²) in [6.07, 6.45) is 1.62. The van der Waals surface area contributed by atoms with Crippen LogP contribution in [0.15, 0.2) is 35.3 Å². The molecule has 1 amide bonds. The number of rotatable bonds is 2. The van der Waals surface area contributed by atoms with Crippen LogP contribution in [0.1, 0.15) is 6.42 Å². The van der Waals surface area contributed by atoms with Gasteiger partial charge in [-0.05, 0) is 12.1 Å². The van der Waals surface area contributed by atoms with E-state index in [0.29, 0.717) is 18.0 Å². The van der Waals surface area contributed by atoms with Crippen LogP contribution < -0.4 is 16.2 Å². The second-order valence-corrected chi connectivity index (χ2v) is 4.88. The summed E-state index contributed by atoms with van der Waals surface area (Å²) in [4.78, 5) is 29.0. The molecule has 1 saturated heterocycles. The van der Waals surface area contributed by atoms with Crippen molar-refractivity contribution in [2.24, 2.45) is 5.73 Å². The van der Waals surface area contributed by atoms with E-state index in [1.807, 2.05) is 0 Å². The molecular formula is C13H13FN4O2. The molecule has 20 heavy (non-hydrogen) atoms. The van der Waals surface area contributed by atoms with E-state index in [0.717, 1.165) is 0 Å². The Hall–Kier alpha value is -2.44. The Kier molecular flexibility index (Phi) is 2.70. The maximum atomic E-state index is 14.2. The fourth-order valence-corrected chi connectivity index (χ4v) is 2.37. The number of primary amides is 1. The number of alkyl halides is 1. The lowest BCUT2D eigenvalue weighted by atomic mass is 10.1. The zero-order valence-corrected chi connectivity index (χ0v) is 10.6. The minimum atomic E-state index is -2.05. The molecule has 0 saturated carbocycles. The highest BCUT2D eigenvalue weighted by atomic mass is 19.1.